The Morgan fingerprint density at radius 1 is 1.20 bits per heavy atom. The quantitative estimate of drug-likeness (QED) is 0.591. The van der Waals surface area contributed by atoms with Crippen molar-refractivity contribution in [3.05, 3.63) is 34.9 Å². The molecule has 0 fully saturated rings. The van der Waals surface area contributed by atoms with E-state index in [4.69, 9.17) is 0 Å². The van der Waals surface area contributed by atoms with Crippen molar-refractivity contribution in [1.29, 1.82) is 0 Å². The van der Waals surface area contributed by atoms with Crippen LogP contribution in [0.3, 0.4) is 0 Å². The molecular formula is C16H24N2O2. The van der Waals surface area contributed by atoms with Gasteiger partial charge in [0.1, 0.15) is 0 Å². The first-order valence-electron chi connectivity index (χ1n) is 7.01. The zero-order valence-electron chi connectivity index (χ0n) is 12.7. The molecule has 0 aliphatic rings. The van der Waals surface area contributed by atoms with Gasteiger partial charge < -0.3 is 10.6 Å². The van der Waals surface area contributed by atoms with Gasteiger partial charge in [-0.25, -0.2) is 0 Å². The van der Waals surface area contributed by atoms with Crippen LogP contribution >= 0.6 is 0 Å². The van der Waals surface area contributed by atoms with Gasteiger partial charge in [-0.2, -0.15) is 0 Å². The first kappa shape index (κ1) is 16.4. The van der Waals surface area contributed by atoms with E-state index in [9.17, 15) is 9.59 Å². The summed E-state index contributed by atoms with van der Waals surface area (Å²) in [5.74, 6) is 0.0893. The SMILES string of the molecule is CC(=O)NCCCNC(C)C(=O)c1ccc(C)cc1C. The lowest BCUT2D eigenvalue weighted by atomic mass is 9.98. The highest BCUT2D eigenvalue weighted by Crippen LogP contribution is 2.12. The van der Waals surface area contributed by atoms with Gasteiger partial charge in [-0.15, -0.1) is 0 Å². The number of hydrogen-bond acceptors (Lipinski definition) is 3. The molecule has 0 aliphatic carbocycles. The molecule has 110 valence electrons. The van der Waals surface area contributed by atoms with E-state index in [1.165, 1.54) is 6.92 Å². The normalized spacial score (nSPS) is 12.0. The van der Waals surface area contributed by atoms with Gasteiger partial charge in [0, 0.05) is 19.0 Å². The van der Waals surface area contributed by atoms with Crippen molar-refractivity contribution >= 4 is 11.7 Å². The first-order valence-corrected chi connectivity index (χ1v) is 7.01. The van der Waals surface area contributed by atoms with Gasteiger partial charge in [0.15, 0.2) is 5.78 Å². The van der Waals surface area contributed by atoms with Crippen LogP contribution in [-0.2, 0) is 4.79 Å². The fourth-order valence-electron chi connectivity index (χ4n) is 2.09. The molecule has 2 N–H and O–H groups in total. The minimum Gasteiger partial charge on any atom is -0.356 e. The lowest BCUT2D eigenvalue weighted by Gasteiger charge is -2.14. The predicted molar refractivity (Wildman–Crippen MR) is 81.0 cm³/mol. The van der Waals surface area contributed by atoms with Crippen LogP contribution in [-0.4, -0.2) is 30.8 Å². The number of nitrogens with one attached hydrogen (secondary N) is 2. The molecule has 1 rings (SSSR count). The largest absolute Gasteiger partial charge is 0.356 e. The summed E-state index contributed by atoms with van der Waals surface area (Å²) in [7, 11) is 0. The van der Waals surface area contributed by atoms with Crippen molar-refractivity contribution in [3.63, 3.8) is 0 Å². The molecule has 20 heavy (non-hydrogen) atoms. The van der Waals surface area contributed by atoms with Crippen LogP contribution in [0.5, 0.6) is 0 Å². The Morgan fingerprint density at radius 2 is 1.90 bits per heavy atom. The lowest BCUT2D eigenvalue weighted by molar-refractivity contribution is -0.118. The zero-order valence-corrected chi connectivity index (χ0v) is 12.7. The van der Waals surface area contributed by atoms with Gasteiger partial charge in [-0.3, -0.25) is 9.59 Å². The van der Waals surface area contributed by atoms with E-state index in [-0.39, 0.29) is 17.7 Å². The first-order chi connectivity index (χ1) is 9.41. The maximum absolute atomic E-state index is 12.3. The molecular weight excluding hydrogens is 252 g/mol. The maximum atomic E-state index is 12.3. The Balaban J connectivity index is 2.44. The van der Waals surface area contributed by atoms with Crippen LogP contribution in [0.25, 0.3) is 0 Å². The third kappa shape index (κ3) is 5.13. The number of Topliss-reactive ketones (excluding diaryl/α,β-unsaturated/α-hetero) is 1. The molecule has 0 aromatic heterocycles. The highest BCUT2D eigenvalue weighted by atomic mass is 16.1. The van der Waals surface area contributed by atoms with Crippen LogP contribution in [0.4, 0.5) is 0 Å². The summed E-state index contributed by atoms with van der Waals surface area (Å²) in [5, 5.41) is 5.93. The van der Waals surface area contributed by atoms with E-state index in [0.717, 1.165) is 23.1 Å². The number of aryl methyl sites for hydroxylation is 2. The summed E-state index contributed by atoms with van der Waals surface area (Å²) in [6.07, 6.45) is 0.810. The second-order valence-electron chi connectivity index (χ2n) is 5.19. The van der Waals surface area contributed by atoms with E-state index < -0.39 is 0 Å². The average molecular weight is 276 g/mol. The maximum Gasteiger partial charge on any atom is 0.216 e. The van der Waals surface area contributed by atoms with E-state index in [1.807, 2.05) is 39.0 Å². The number of ketones is 1. The molecule has 1 amide bonds. The Hall–Kier alpha value is -1.68. The Morgan fingerprint density at radius 3 is 2.50 bits per heavy atom. The summed E-state index contributed by atoms with van der Waals surface area (Å²) in [6, 6.07) is 5.66. The molecule has 0 saturated carbocycles. The minimum atomic E-state index is -0.214. The number of hydrogen-bond donors (Lipinski definition) is 2. The van der Waals surface area contributed by atoms with Crippen LogP contribution in [0, 0.1) is 13.8 Å². The van der Waals surface area contributed by atoms with Gasteiger partial charge in [-0.05, 0) is 39.3 Å². The number of carbonyl (C=O) groups excluding carboxylic acids is 2. The Bertz CT molecular complexity index is 483. The highest BCUT2D eigenvalue weighted by Gasteiger charge is 2.16. The molecule has 1 atom stereocenters. The van der Waals surface area contributed by atoms with Gasteiger partial charge in [0.25, 0.3) is 0 Å². The third-order valence-electron chi connectivity index (χ3n) is 3.22. The number of rotatable bonds is 7. The fourth-order valence-corrected chi connectivity index (χ4v) is 2.09. The Labute approximate surface area is 121 Å². The van der Waals surface area contributed by atoms with Crippen LogP contribution < -0.4 is 10.6 Å². The van der Waals surface area contributed by atoms with E-state index in [0.29, 0.717) is 13.1 Å². The molecule has 4 heteroatoms. The molecule has 0 bridgehead atoms. The third-order valence-corrected chi connectivity index (χ3v) is 3.22. The smallest absolute Gasteiger partial charge is 0.216 e. The van der Waals surface area contributed by atoms with E-state index in [2.05, 4.69) is 10.6 Å². The standard InChI is InChI=1S/C16H24N2O2/c1-11-6-7-15(12(2)10-11)16(20)13(3)17-8-5-9-18-14(4)19/h6-7,10,13,17H,5,8-9H2,1-4H3,(H,18,19). The average Bonchev–Trinajstić information content (AvgIpc) is 2.37. The molecule has 1 aromatic carbocycles. The topological polar surface area (TPSA) is 58.2 Å². The van der Waals surface area contributed by atoms with Crippen LogP contribution in [0.15, 0.2) is 18.2 Å². The second kappa shape index (κ2) is 7.80. The molecule has 4 nitrogen and oxygen atoms in total. The minimum absolute atomic E-state index is 0.0237. The summed E-state index contributed by atoms with van der Waals surface area (Å²) in [5.41, 5.74) is 2.95. The lowest BCUT2D eigenvalue weighted by Crippen LogP contribution is -2.36. The molecule has 0 radical (unpaired) electrons. The number of amides is 1. The van der Waals surface area contributed by atoms with Crippen molar-refractivity contribution in [3.8, 4) is 0 Å². The molecule has 0 aliphatic heterocycles. The summed E-state index contributed by atoms with van der Waals surface area (Å²) in [6.45, 7) is 8.69. The second-order valence-corrected chi connectivity index (χ2v) is 5.19. The summed E-state index contributed by atoms with van der Waals surface area (Å²) in [4.78, 5) is 23.0. The van der Waals surface area contributed by atoms with E-state index >= 15 is 0 Å². The van der Waals surface area contributed by atoms with Gasteiger partial charge in [-0.1, -0.05) is 23.8 Å². The molecule has 0 heterocycles. The van der Waals surface area contributed by atoms with Crippen molar-refractivity contribution < 1.29 is 9.59 Å². The molecule has 0 saturated heterocycles. The highest BCUT2D eigenvalue weighted by molar-refractivity contribution is 6.01. The number of carbonyl (C=O) groups is 2. The van der Waals surface area contributed by atoms with Gasteiger partial charge >= 0.3 is 0 Å². The molecule has 1 aromatic rings. The van der Waals surface area contributed by atoms with Crippen molar-refractivity contribution in [1.82, 2.24) is 10.6 Å². The zero-order chi connectivity index (χ0) is 15.1. The van der Waals surface area contributed by atoms with Crippen molar-refractivity contribution in [2.75, 3.05) is 13.1 Å². The van der Waals surface area contributed by atoms with Crippen LogP contribution in [0.2, 0.25) is 0 Å². The number of benzene rings is 1. The summed E-state index contributed by atoms with van der Waals surface area (Å²) >= 11 is 0. The summed E-state index contributed by atoms with van der Waals surface area (Å²) < 4.78 is 0. The van der Waals surface area contributed by atoms with Crippen molar-refractivity contribution in [2.45, 2.75) is 40.2 Å². The Kier molecular flexibility index (Phi) is 6.39. The van der Waals surface area contributed by atoms with Crippen molar-refractivity contribution in [2.24, 2.45) is 0 Å². The molecule has 1 unspecified atom stereocenters. The fraction of sp³-hybridized carbons (Fsp3) is 0.500. The van der Waals surface area contributed by atoms with Crippen LogP contribution in [0.1, 0.15) is 41.8 Å². The van der Waals surface area contributed by atoms with E-state index in [1.54, 1.807) is 0 Å². The molecule has 0 spiro atoms. The van der Waals surface area contributed by atoms with Gasteiger partial charge in [0.05, 0.1) is 6.04 Å². The predicted octanol–water partition coefficient (Wildman–Crippen LogP) is 1.99. The monoisotopic (exact) mass is 276 g/mol. The van der Waals surface area contributed by atoms with Gasteiger partial charge in [0.2, 0.25) is 5.91 Å².